The van der Waals surface area contributed by atoms with E-state index in [1.165, 1.54) is 80.9 Å². The number of nitrogens with zero attached hydrogens (tertiary/aromatic N) is 6. The molecule has 0 bridgehead atoms. The minimum Gasteiger partial charge on any atom is -0.481 e. The number of aliphatic hydroxyl groups excluding tert-OH is 2. The Morgan fingerprint density at radius 1 is 0.732 bits per heavy atom. The first kappa shape index (κ1) is 43.6. The van der Waals surface area contributed by atoms with Crippen LogP contribution in [-0.4, -0.2) is 90.6 Å². The molecule has 0 saturated carbocycles. The second-order valence-corrected chi connectivity index (χ2v) is 17.5. The number of halogens is 2. The van der Waals surface area contributed by atoms with Crippen molar-refractivity contribution >= 4 is 50.1 Å². The van der Waals surface area contributed by atoms with Crippen LogP contribution >= 0.6 is 0 Å². The van der Waals surface area contributed by atoms with Crippen LogP contribution in [0.3, 0.4) is 0 Å². The Bertz CT molecular complexity index is 2340. The fourth-order valence-corrected chi connectivity index (χ4v) is 6.63. The normalized spacial score (nSPS) is 13.5. The summed E-state index contributed by atoms with van der Waals surface area (Å²) in [7, 11) is -5.69. The molecule has 2 heterocycles. The number of rotatable bonds is 16. The van der Waals surface area contributed by atoms with Crippen LogP contribution in [0.1, 0.15) is 74.9 Å². The van der Waals surface area contributed by atoms with Crippen molar-refractivity contribution in [2.45, 2.75) is 64.6 Å². The van der Waals surface area contributed by atoms with E-state index >= 15 is 0 Å². The maximum atomic E-state index is 14.1. The SMILES string of the molecule is CC(C)c1nc(N(C)S(C)(=O)=O)nc(-c2ccc(F)cc2)c1/C=C/S(=O)(=O)N(C)c1nc(-c2ccc(F)cc2)c(/C=C/C(O)CC(O)CC(=O)O)c(C(C)C)n1. The average molecular weight is 815 g/mol. The Morgan fingerprint density at radius 2 is 1.16 bits per heavy atom. The molecule has 0 saturated heterocycles. The molecular formula is C38H44F2N6O8S2. The van der Waals surface area contributed by atoms with E-state index in [-0.39, 0.29) is 47.1 Å². The number of carbonyl (C=O) groups is 1. The van der Waals surface area contributed by atoms with E-state index in [4.69, 9.17) is 5.11 Å². The second-order valence-electron chi connectivity index (χ2n) is 13.6. The van der Waals surface area contributed by atoms with Crippen molar-refractivity contribution in [2.75, 3.05) is 29.0 Å². The van der Waals surface area contributed by atoms with Gasteiger partial charge in [-0.15, -0.1) is 0 Å². The summed E-state index contributed by atoms with van der Waals surface area (Å²) >= 11 is 0. The van der Waals surface area contributed by atoms with Crippen molar-refractivity contribution < 1.29 is 45.7 Å². The van der Waals surface area contributed by atoms with Crippen LogP contribution in [0, 0.1) is 11.6 Å². The summed E-state index contributed by atoms with van der Waals surface area (Å²) in [6.07, 6.45) is 1.64. The average Bonchev–Trinajstić information content (AvgIpc) is 3.11. The molecule has 2 unspecified atom stereocenters. The van der Waals surface area contributed by atoms with Gasteiger partial charge in [-0.3, -0.25) is 4.79 Å². The molecule has 0 amide bonds. The highest BCUT2D eigenvalue weighted by atomic mass is 32.2. The molecule has 18 heteroatoms. The van der Waals surface area contributed by atoms with E-state index in [1.807, 2.05) is 0 Å². The Morgan fingerprint density at radius 3 is 1.57 bits per heavy atom. The van der Waals surface area contributed by atoms with Crippen molar-refractivity contribution in [3.63, 3.8) is 0 Å². The number of sulfonamides is 2. The van der Waals surface area contributed by atoms with Gasteiger partial charge in [0.05, 0.1) is 53.1 Å². The number of hydrogen-bond acceptors (Lipinski definition) is 11. The monoisotopic (exact) mass is 814 g/mol. The van der Waals surface area contributed by atoms with Gasteiger partial charge in [0, 0.05) is 42.8 Å². The zero-order chi connectivity index (χ0) is 41.7. The number of carboxylic acids is 1. The van der Waals surface area contributed by atoms with Gasteiger partial charge < -0.3 is 15.3 Å². The van der Waals surface area contributed by atoms with Crippen LogP contribution in [0.15, 0.2) is 60.0 Å². The van der Waals surface area contributed by atoms with E-state index in [0.29, 0.717) is 28.1 Å². The number of aliphatic hydroxyl groups is 2. The molecule has 14 nitrogen and oxygen atoms in total. The molecule has 0 fully saturated rings. The van der Waals surface area contributed by atoms with Gasteiger partial charge in [0.1, 0.15) is 11.6 Å². The van der Waals surface area contributed by atoms with Gasteiger partial charge in [-0.25, -0.2) is 54.2 Å². The van der Waals surface area contributed by atoms with Gasteiger partial charge in [-0.2, -0.15) is 0 Å². The smallest absolute Gasteiger partial charge is 0.305 e. The quantitative estimate of drug-likeness (QED) is 0.127. The molecule has 0 aliphatic rings. The molecule has 4 aromatic rings. The van der Waals surface area contributed by atoms with Gasteiger partial charge in [0.15, 0.2) is 0 Å². The number of carboxylic acid groups (broad SMARTS) is 1. The molecular weight excluding hydrogens is 771 g/mol. The third-order valence-electron chi connectivity index (χ3n) is 8.51. The molecule has 2 atom stereocenters. The Balaban J connectivity index is 1.87. The third-order valence-corrected chi connectivity index (χ3v) is 11.1. The topological polar surface area (TPSA) is 204 Å². The van der Waals surface area contributed by atoms with Crippen LogP contribution in [0.2, 0.25) is 0 Å². The molecule has 0 spiro atoms. The fraction of sp³-hybridized carbons (Fsp3) is 0.342. The Labute approximate surface area is 325 Å². The molecule has 2 aromatic heterocycles. The summed E-state index contributed by atoms with van der Waals surface area (Å²) in [5, 5.41) is 30.5. The number of anilines is 2. The third kappa shape index (κ3) is 10.8. The van der Waals surface area contributed by atoms with Crippen LogP contribution < -0.4 is 8.61 Å². The van der Waals surface area contributed by atoms with E-state index in [1.54, 1.807) is 27.7 Å². The zero-order valence-corrected chi connectivity index (χ0v) is 33.4. The molecule has 4 rings (SSSR count). The summed E-state index contributed by atoms with van der Waals surface area (Å²) in [6, 6.07) is 10.5. The molecule has 56 heavy (non-hydrogen) atoms. The Kier molecular flexibility index (Phi) is 13.8. The minimum absolute atomic E-state index is 0.147. The number of benzene rings is 2. The number of aliphatic carboxylic acids is 1. The van der Waals surface area contributed by atoms with Gasteiger partial charge in [-0.1, -0.05) is 39.8 Å². The van der Waals surface area contributed by atoms with E-state index < -0.39 is 56.3 Å². The summed E-state index contributed by atoms with van der Waals surface area (Å²) in [6.45, 7) is 7.16. The Hall–Kier alpha value is -5.17. The maximum absolute atomic E-state index is 14.1. The van der Waals surface area contributed by atoms with Gasteiger partial charge >= 0.3 is 5.97 Å². The van der Waals surface area contributed by atoms with Crippen LogP contribution in [-0.2, 0) is 24.8 Å². The maximum Gasteiger partial charge on any atom is 0.305 e. The molecule has 3 N–H and O–H groups in total. The largest absolute Gasteiger partial charge is 0.481 e. The van der Waals surface area contributed by atoms with Gasteiger partial charge in [-0.05, 0) is 66.4 Å². The fourth-order valence-electron chi connectivity index (χ4n) is 5.45. The highest BCUT2D eigenvalue weighted by Crippen LogP contribution is 2.34. The zero-order valence-electron chi connectivity index (χ0n) is 31.8. The van der Waals surface area contributed by atoms with Crippen molar-refractivity contribution in [2.24, 2.45) is 0 Å². The number of aromatic nitrogens is 4. The summed E-state index contributed by atoms with van der Waals surface area (Å²) in [5.74, 6) is -3.43. The van der Waals surface area contributed by atoms with Crippen molar-refractivity contribution in [3.8, 4) is 22.5 Å². The van der Waals surface area contributed by atoms with E-state index in [2.05, 4.69) is 19.9 Å². The van der Waals surface area contributed by atoms with Gasteiger partial charge in [0.2, 0.25) is 21.9 Å². The molecule has 0 aliphatic carbocycles. The van der Waals surface area contributed by atoms with Crippen molar-refractivity contribution in [1.29, 1.82) is 0 Å². The summed E-state index contributed by atoms with van der Waals surface area (Å²) in [4.78, 5) is 29.1. The van der Waals surface area contributed by atoms with Crippen LogP contribution in [0.5, 0.6) is 0 Å². The predicted molar refractivity (Wildman–Crippen MR) is 211 cm³/mol. The standard InChI is InChI=1S/C38H44F2N6O8S2/c1-22(2)33-30(17-16-28(47)20-29(48)21-32(49)50)35(24-8-12-26(39)13-9-24)44-38(42-33)46(6)56(53,54)19-18-31-34(23(3)4)41-37(45(5)55(7,51)52)43-36(31)25-10-14-27(40)15-11-25/h8-19,22-23,28-29,47-48H,20-21H2,1-7H3,(H,49,50)/b17-16+,19-18+. The molecule has 2 aromatic carbocycles. The van der Waals surface area contributed by atoms with Gasteiger partial charge in [0.25, 0.3) is 10.0 Å². The van der Waals surface area contributed by atoms with Crippen LogP contribution in [0.4, 0.5) is 20.7 Å². The lowest BCUT2D eigenvalue weighted by Crippen LogP contribution is -2.28. The minimum atomic E-state index is -4.41. The van der Waals surface area contributed by atoms with Crippen molar-refractivity contribution in [1.82, 2.24) is 19.9 Å². The summed E-state index contributed by atoms with van der Waals surface area (Å²) < 4.78 is 82.7. The van der Waals surface area contributed by atoms with Crippen molar-refractivity contribution in [3.05, 3.63) is 94.2 Å². The first-order chi connectivity index (χ1) is 26.1. The van der Waals surface area contributed by atoms with E-state index in [0.717, 1.165) is 20.3 Å². The lowest BCUT2D eigenvalue weighted by molar-refractivity contribution is -0.139. The number of hydrogen-bond donors (Lipinski definition) is 3. The van der Waals surface area contributed by atoms with Crippen LogP contribution in [0.25, 0.3) is 34.7 Å². The highest BCUT2D eigenvalue weighted by molar-refractivity contribution is 7.95. The lowest BCUT2D eigenvalue weighted by atomic mass is 9.97. The van der Waals surface area contributed by atoms with E-state index in [9.17, 15) is 40.6 Å². The second kappa shape index (κ2) is 17.7. The molecule has 300 valence electrons. The first-order valence-corrected chi connectivity index (χ1v) is 20.7. The lowest BCUT2D eigenvalue weighted by Gasteiger charge is -2.22. The predicted octanol–water partition coefficient (Wildman–Crippen LogP) is 5.56. The highest BCUT2D eigenvalue weighted by Gasteiger charge is 2.26. The first-order valence-electron chi connectivity index (χ1n) is 17.3. The summed E-state index contributed by atoms with van der Waals surface area (Å²) in [5.41, 5.74) is 2.36. The molecule has 0 radical (unpaired) electrons. The molecule has 0 aliphatic heterocycles.